The SMILES string of the molecule is COC(C)CSc1nc2ccc(N)cc2s1. The van der Waals surface area contributed by atoms with Crippen LogP contribution in [0.2, 0.25) is 0 Å². The van der Waals surface area contributed by atoms with Gasteiger partial charge in [0.15, 0.2) is 4.34 Å². The smallest absolute Gasteiger partial charge is 0.151 e. The molecule has 0 amide bonds. The molecule has 1 unspecified atom stereocenters. The highest BCUT2D eigenvalue weighted by molar-refractivity contribution is 8.01. The number of aromatic nitrogens is 1. The molecule has 0 aliphatic rings. The van der Waals surface area contributed by atoms with E-state index >= 15 is 0 Å². The van der Waals surface area contributed by atoms with Crippen molar-refractivity contribution in [3.8, 4) is 0 Å². The van der Waals surface area contributed by atoms with Gasteiger partial charge in [-0.05, 0) is 25.1 Å². The van der Waals surface area contributed by atoms with Gasteiger partial charge in [-0.3, -0.25) is 0 Å². The number of methoxy groups -OCH3 is 1. The molecule has 2 aromatic rings. The fraction of sp³-hybridized carbons (Fsp3) is 0.364. The van der Waals surface area contributed by atoms with Gasteiger partial charge in [-0.25, -0.2) is 4.98 Å². The van der Waals surface area contributed by atoms with Crippen molar-refractivity contribution in [3.63, 3.8) is 0 Å². The molecule has 1 atom stereocenters. The van der Waals surface area contributed by atoms with E-state index in [9.17, 15) is 0 Å². The molecule has 16 heavy (non-hydrogen) atoms. The second-order valence-electron chi connectivity index (χ2n) is 3.56. The van der Waals surface area contributed by atoms with Crippen LogP contribution < -0.4 is 5.73 Å². The molecular formula is C11H14N2OS2. The summed E-state index contributed by atoms with van der Waals surface area (Å²) in [6, 6.07) is 5.82. The lowest BCUT2D eigenvalue weighted by atomic mass is 10.3. The third-order valence-corrected chi connectivity index (χ3v) is 4.63. The van der Waals surface area contributed by atoms with Crippen LogP contribution in [-0.2, 0) is 4.74 Å². The lowest BCUT2D eigenvalue weighted by Gasteiger charge is -2.05. The van der Waals surface area contributed by atoms with E-state index < -0.39 is 0 Å². The van der Waals surface area contributed by atoms with Gasteiger partial charge >= 0.3 is 0 Å². The van der Waals surface area contributed by atoms with E-state index in [0.717, 1.165) is 26.0 Å². The van der Waals surface area contributed by atoms with Gasteiger partial charge in [0.05, 0.1) is 16.3 Å². The molecule has 3 nitrogen and oxygen atoms in total. The molecule has 86 valence electrons. The van der Waals surface area contributed by atoms with Crippen LogP contribution in [0.3, 0.4) is 0 Å². The first-order chi connectivity index (χ1) is 7.69. The van der Waals surface area contributed by atoms with Gasteiger partial charge < -0.3 is 10.5 Å². The zero-order valence-electron chi connectivity index (χ0n) is 9.27. The van der Waals surface area contributed by atoms with Crippen molar-refractivity contribution in [2.75, 3.05) is 18.6 Å². The molecule has 0 saturated carbocycles. The highest BCUT2D eigenvalue weighted by Crippen LogP contribution is 2.31. The number of fused-ring (bicyclic) bond motifs is 1. The maximum absolute atomic E-state index is 5.73. The van der Waals surface area contributed by atoms with Crippen LogP contribution in [0.1, 0.15) is 6.92 Å². The van der Waals surface area contributed by atoms with Crippen LogP contribution in [0.5, 0.6) is 0 Å². The summed E-state index contributed by atoms with van der Waals surface area (Å²) in [4.78, 5) is 4.53. The standard InChI is InChI=1S/C11H14N2OS2/c1-7(14-2)6-15-11-13-9-4-3-8(12)5-10(9)16-11/h3-5,7H,6,12H2,1-2H3. The van der Waals surface area contributed by atoms with E-state index in [4.69, 9.17) is 10.5 Å². The molecule has 0 aliphatic carbocycles. The Morgan fingerprint density at radius 2 is 2.38 bits per heavy atom. The van der Waals surface area contributed by atoms with Crippen LogP contribution in [0, 0.1) is 0 Å². The second kappa shape index (κ2) is 5.03. The van der Waals surface area contributed by atoms with Crippen molar-refractivity contribution in [2.24, 2.45) is 0 Å². The summed E-state index contributed by atoms with van der Waals surface area (Å²) in [6.45, 7) is 2.05. The summed E-state index contributed by atoms with van der Waals surface area (Å²) >= 11 is 3.41. The molecule has 2 N–H and O–H groups in total. The minimum atomic E-state index is 0.252. The summed E-state index contributed by atoms with van der Waals surface area (Å²) < 4.78 is 7.42. The van der Waals surface area contributed by atoms with E-state index in [0.29, 0.717) is 0 Å². The topological polar surface area (TPSA) is 48.1 Å². The first-order valence-electron chi connectivity index (χ1n) is 5.00. The quantitative estimate of drug-likeness (QED) is 0.673. The number of nitrogens with two attached hydrogens (primary N) is 1. The first-order valence-corrected chi connectivity index (χ1v) is 6.81. The van der Waals surface area contributed by atoms with Crippen molar-refractivity contribution in [3.05, 3.63) is 18.2 Å². The third kappa shape index (κ3) is 2.66. The maximum atomic E-state index is 5.73. The van der Waals surface area contributed by atoms with Crippen molar-refractivity contribution >= 4 is 39.0 Å². The highest BCUT2D eigenvalue weighted by atomic mass is 32.2. The summed E-state index contributed by atoms with van der Waals surface area (Å²) in [6.07, 6.45) is 0.252. The van der Waals surface area contributed by atoms with Gasteiger partial charge in [0.25, 0.3) is 0 Å². The molecule has 1 heterocycles. The van der Waals surface area contributed by atoms with Gasteiger partial charge in [-0.1, -0.05) is 11.8 Å². The molecule has 5 heteroatoms. The molecule has 1 aromatic carbocycles. The number of hydrogen-bond acceptors (Lipinski definition) is 5. The van der Waals surface area contributed by atoms with Gasteiger partial charge in [0.2, 0.25) is 0 Å². The predicted molar refractivity (Wildman–Crippen MR) is 71.2 cm³/mol. The maximum Gasteiger partial charge on any atom is 0.151 e. The Kier molecular flexibility index (Phi) is 3.68. The molecule has 0 fully saturated rings. The van der Waals surface area contributed by atoms with Crippen molar-refractivity contribution < 1.29 is 4.74 Å². The Bertz CT molecular complexity index is 484. The lowest BCUT2D eigenvalue weighted by molar-refractivity contribution is 0.138. The predicted octanol–water partition coefficient (Wildman–Crippen LogP) is 3.01. The van der Waals surface area contributed by atoms with E-state index in [1.165, 1.54) is 0 Å². The van der Waals surface area contributed by atoms with Crippen molar-refractivity contribution in [1.29, 1.82) is 0 Å². The minimum Gasteiger partial charge on any atom is -0.399 e. The number of benzene rings is 1. The first kappa shape index (κ1) is 11.7. The Labute approximate surface area is 103 Å². The van der Waals surface area contributed by atoms with Crippen molar-refractivity contribution in [1.82, 2.24) is 4.98 Å². The third-order valence-electron chi connectivity index (χ3n) is 2.24. The van der Waals surface area contributed by atoms with Crippen LogP contribution in [0.25, 0.3) is 10.2 Å². The molecule has 1 aromatic heterocycles. The van der Waals surface area contributed by atoms with E-state index in [1.54, 1.807) is 30.2 Å². The normalized spacial score (nSPS) is 13.1. The number of nitrogen functional groups attached to an aromatic ring is 1. The van der Waals surface area contributed by atoms with Gasteiger partial charge in [0.1, 0.15) is 0 Å². The monoisotopic (exact) mass is 254 g/mol. The molecule has 0 bridgehead atoms. The zero-order chi connectivity index (χ0) is 11.5. The Balaban J connectivity index is 2.13. The summed E-state index contributed by atoms with van der Waals surface area (Å²) in [5.41, 5.74) is 7.54. The van der Waals surface area contributed by atoms with Crippen LogP contribution in [-0.4, -0.2) is 24.0 Å². The molecule has 0 saturated heterocycles. The molecule has 0 aliphatic heterocycles. The number of rotatable bonds is 4. The second-order valence-corrected chi connectivity index (χ2v) is 5.86. The van der Waals surface area contributed by atoms with E-state index in [-0.39, 0.29) is 6.10 Å². The summed E-state index contributed by atoms with van der Waals surface area (Å²) in [5, 5.41) is 0. The van der Waals surface area contributed by atoms with Gasteiger partial charge in [-0.15, -0.1) is 11.3 Å². The number of nitrogens with zero attached hydrogens (tertiary/aromatic N) is 1. The number of anilines is 1. The number of thiazole rings is 1. The Hall–Kier alpha value is -0.780. The lowest BCUT2D eigenvalue weighted by Crippen LogP contribution is -2.07. The van der Waals surface area contributed by atoms with Gasteiger partial charge in [-0.2, -0.15) is 0 Å². The number of thioether (sulfide) groups is 1. The summed E-state index contributed by atoms with van der Waals surface area (Å²) in [5.74, 6) is 0.922. The fourth-order valence-corrected chi connectivity index (χ4v) is 3.37. The molecule has 2 rings (SSSR count). The average molecular weight is 254 g/mol. The molecular weight excluding hydrogens is 240 g/mol. The molecule has 0 spiro atoms. The highest BCUT2D eigenvalue weighted by Gasteiger charge is 2.06. The van der Waals surface area contributed by atoms with E-state index in [1.807, 2.05) is 18.2 Å². The van der Waals surface area contributed by atoms with Crippen LogP contribution in [0.15, 0.2) is 22.5 Å². The van der Waals surface area contributed by atoms with E-state index in [2.05, 4.69) is 11.9 Å². The number of hydrogen-bond donors (Lipinski definition) is 1. The largest absolute Gasteiger partial charge is 0.399 e. The fourth-order valence-electron chi connectivity index (χ4n) is 1.24. The number of ether oxygens (including phenoxy) is 1. The average Bonchev–Trinajstić information content (AvgIpc) is 2.67. The van der Waals surface area contributed by atoms with Crippen LogP contribution >= 0.6 is 23.1 Å². The van der Waals surface area contributed by atoms with Crippen LogP contribution in [0.4, 0.5) is 5.69 Å². The van der Waals surface area contributed by atoms with Gasteiger partial charge in [0, 0.05) is 18.6 Å². The Morgan fingerprint density at radius 3 is 3.12 bits per heavy atom. The minimum absolute atomic E-state index is 0.252. The van der Waals surface area contributed by atoms with Crippen molar-refractivity contribution in [2.45, 2.75) is 17.4 Å². The summed E-state index contributed by atoms with van der Waals surface area (Å²) in [7, 11) is 1.73. The zero-order valence-corrected chi connectivity index (χ0v) is 10.9. The Morgan fingerprint density at radius 1 is 1.56 bits per heavy atom. The molecule has 0 radical (unpaired) electrons.